The fourth-order valence-corrected chi connectivity index (χ4v) is 5.02. The molecule has 8 nitrogen and oxygen atoms in total. The summed E-state index contributed by atoms with van der Waals surface area (Å²) in [5.41, 5.74) is 1.30. The van der Waals surface area contributed by atoms with Crippen LogP contribution in [0.1, 0.15) is 18.0 Å². The normalized spacial score (nSPS) is 26.8. The fraction of sp³-hybridized carbons (Fsp3) is 0.300. The molecule has 0 aliphatic carbocycles. The number of imide groups is 1. The molecule has 3 aliphatic rings. The molecule has 3 saturated heterocycles. The van der Waals surface area contributed by atoms with Gasteiger partial charge in [-0.25, -0.2) is 14.9 Å². The quantitative estimate of drug-likeness (QED) is 0.400. The third kappa shape index (κ3) is 2.72. The third-order valence-corrected chi connectivity index (χ3v) is 6.46. The van der Waals surface area contributed by atoms with E-state index in [1.807, 2.05) is 29.3 Å². The minimum absolute atomic E-state index is 0.0773. The minimum atomic E-state index is -0.533. The number of halogens is 1. The first-order chi connectivity index (χ1) is 14.0. The number of anilines is 1. The average Bonchev–Trinajstić information content (AvgIpc) is 3.35. The molecule has 29 heavy (non-hydrogen) atoms. The lowest BCUT2D eigenvalue weighted by atomic mass is 9.90. The van der Waals surface area contributed by atoms with E-state index in [4.69, 9.17) is 0 Å². The highest BCUT2D eigenvalue weighted by molar-refractivity contribution is 9.10. The number of carbonyl (C=O) groups excluding carboxylic acids is 2. The number of carbonyl (C=O) groups is 2. The van der Waals surface area contributed by atoms with Gasteiger partial charge in [0.2, 0.25) is 5.91 Å². The van der Waals surface area contributed by atoms with Gasteiger partial charge in [0.05, 0.1) is 22.6 Å². The topological polar surface area (TPSA) is 87.0 Å². The van der Waals surface area contributed by atoms with Crippen LogP contribution in [0.4, 0.5) is 11.4 Å². The number of hydrogen-bond donors (Lipinski definition) is 0. The van der Waals surface area contributed by atoms with Crippen LogP contribution in [-0.2, 0) is 9.59 Å². The summed E-state index contributed by atoms with van der Waals surface area (Å²) in [6.07, 6.45) is 0.940. The van der Waals surface area contributed by atoms with Crippen LogP contribution in [0.5, 0.6) is 0 Å². The standard InChI is InChI=1S/C20H17BrN4O4/c21-13-4-2-12(3-5-13)17-16-18(23-11-1-10-22(17)23)20(27)24(19(16)26)14-6-8-15(9-7-14)25(28)29/h2-9,16-18H,1,10-11H2/t16-,17+,18-/m0/s1. The molecule has 5 rings (SSSR count). The highest BCUT2D eigenvalue weighted by Gasteiger charge is 2.62. The first-order valence-corrected chi connectivity index (χ1v) is 10.2. The van der Waals surface area contributed by atoms with Crippen molar-refractivity contribution < 1.29 is 14.5 Å². The van der Waals surface area contributed by atoms with Crippen molar-refractivity contribution in [2.75, 3.05) is 18.0 Å². The Morgan fingerprint density at radius 3 is 2.14 bits per heavy atom. The molecule has 148 valence electrons. The average molecular weight is 457 g/mol. The molecule has 0 bridgehead atoms. The first kappa shape index (κ1) is 18.4. The lowest BCUT2D eigenvalue weighted by Crippen LogP contribution is -2.44. The van der Waals surface area contributed by atoms with Crippen molar-refractivity contribution in [3.63, 3.8) is 0 Å². The van der Waals surface area contributed by atoms with Crippen molar-refractivity contribution in [2.24, 2.45) is 5.92 Å². The number of nitro groups is 1. The molecule has 0 N–H and O–H groups in total. The molecule has 0 spiro atoms. The number of rotatable bonds is 3. The summed E-state index contributed by atoms with van der Waals surface area (Å²) in [6, 6.07) is 12.7. The lowest BCUT2D eigenvalue weighted by molar-refractivity contribution is -0.384. The zero-order valence-corrected chi connectivity index (χ0v) is 16.9. The van der Waals surface area contributed by atoms with Crippen LogP contribution < -0.4 is 4.90 Å². The van der Waals surface area contributed by atoms with Gasteiger partial charge in [-0.15, -0.1) is 0 Å². The number of amides is 2. The van der Waals surface area contributed by atoms with Crippen LogP contribution in [0.15, 0.2) is 53.0 Å². The van der Waals surface area contributed by atoms with Crippen LogP contribution in [0, 0.1) is 16.0 Å². The van der Waals surface area contributed by atoms with Crippen molar-refractivity contribution in [1.29, 1.82) is 0 Å². The maximum atomic E-state index is 13.4. The van der Waals surface area contributed by atoms with Gasteiger partial charge in [0.15, 0.2) is 0 Å². The van der Waals surface area contributed by atoms with E-state index in [1.54, 1.807) is 0 Å². The SMILES string of the molecule is O=C1[C@@H]2[C@@H](C(=O)N1c1ccc([N+](=O)[O-])cc1)N1CCCN1[C@@H]2c1ccc(Br)cc1. The van der Waals surface area contributed by atoms with Crippen LogP contribution in [0.3, 0.4) is 0 Å². The molecule has 9 heteroatoms. The molecule has 0 radical (unpaired) electrons. The van der Waals surface area contributed by atoms with Crippen molar-refractivity contribution in [3.05, 3.63) is 68.7 Å². The van der Waals surface area contributed by atoms with E-state index in [0.29, 0.717) is 5.69 Å². The summed E-state index contributed by atoms with van der Waals surface area (Å²) < 4.78 is 0.954. The van der Waals surface area contributed by atoms with Crippen LogP contribution in [-0.4, -0.2) is 45.9 Å². The number of nitro benzene ring substituents is 1. The van der Waals surface area contributed by atoms with Gasteiger partial charge in [0.25, 0.3) is 11.6 Å². The van der Waals surface area contributed by atoms with Gasteiger partial charge in [-0.05, 0) is 36.2 Å². The summed E-state index contributed by atoms with van der Waals surface area (Å²) in [4.78, 5) is 38.3. The zero-order valence-electron chi connectivity index (χ0n) is 15.3. The Labute approximate surface area is 174 Å². The van der Waals surface area contributed by atoms with E-state index in [0.717, 1.165) is 29.5 Å². The molecule has 0 unspecified atom stereocenters. The lowest BCUT2D eigenvalue weighted by Gasteiger charge is -2.29. The van der Waals surface area contributed by atoms with E-state index in [9.17, 15) is 19.7 Å². The monoisotopic (exact) mass is 456 g/mol. The predicted molar refractivity (Wildman–Crippen MR) is 108 cm³/mol. The molecule has 2 amide bonds. The van der Waals surface area contributed by atoms with Crippen LogP contribution in [0.2, 0.25) is 0 Å². The van der Waals surface area contributed by atoms with Gasteiger partial charge in [0, 0.05) is 29.7 Å². The van der Waals surface area contributed by atoms with Crippen LogP contribution in [0.25, 0.3) is 0 Å². The van der Waals surface area contributed by atoms with Gasteiger partial charge in [-0.3, -0.25) is 19.7 Å². The number of non-ortho nitro benzene ring substituents is 1. The Morgan fingerprint density at radius 2 is 1.52 bits per heavy atom. The van der Waals surface area contributed by atoms with Gasteiger partial charge in [0.1, 0.15) is 6.04 Å². The number of nitrogens with zero attached hydrogens (tertiary/aromatic N) is 4. The first-order valence-electron chi connectivity index (χ1n) is 9.38. The molecule has 0 aromatic heterocycles. The second-order valence-electron chi connectivity index (χ2n) is 7.43. The number of hydrazine groups is 1. The largest absolute Gasteiger partial charge is 0.274 e. The highest BCUT2D eigenvalue weighted by Crippen LogP contribution is 2.49. The van der Waals surface area contributed by atoms with Crippen molar-refractivity contribution >= 4 is 39.1 Å². The van der Waals surface area contributed by atoms with E-state index in [1.165, 1.54) is 29.2 Å². The number of benzene rings is 2. The Morgan fingerprint density at radius 1 is 0.897 bits per heavy atom. The van der Waals surface area contributed by atoms with Gasteiger partial charge >= 0.3 is 0 Å². The molecule has 3 heterocycles. The fourth-order valence-electron chi connectivity index (χ4n) is 4.75. The number of fused-ring (bicyclic) bond motifs is 3. The molecule has 0 saturated carbocycles. The zero-order chi connectivity index (χ0) is 20.3. The maximum absolute atomic E-state index is 13.4. The highest BCUT2D eigenvalue weighted by atomic mass is 79.9. The van der Waals surface area contributed by atoms with E-state index in [-0.39, 0.29) is 23.5 Å². The van der Waals surface area contributed by atoms with Gasteiger partial charge in [-0.2, -0.15) is 0 Å². The Bertz CT molecular complexity index is 1010. The van der Waals surface area contributed by atoms with Gasteiger partial charge < -0.3 is 0 Å². The summed E-state index contributed by atoms with van der Waals surface area (Å²) in [5, 5.41) is 15.1. The van der Waals surface area contributed by atoms with Crippen molar-refractivity contribution in [3.8, 4) is 0 Å². The molecule has 3 fully saturated rings. The summed E-state index contributed by atoms with van der Waals surface area (Å²) in [6.45, 7) is 1.55. The van der Waals surface area contributed by atoms with Crippen LogP contribution >= 0.6 is 15.9 Å². The molecule has 2 aromatic rings. The summed E-state index contributed by atoms with van der Waals surface area (Å²) in [7, 11) is 0. The van der Waals surface area contributed by atoms with Crippen molar-refractivity contribution in [1.82, 2.24) is 10.0 Å². The molecule has 3 aliphatic heterocycles. The van der Waals surface area contributed by atoms with E-state index in [2.05, 4.69) is 20.9 Å². The number of hydrogen-bond acceptors (Lipinski definition) is 6. The second kappa shape index (κ2) is 6.72. The Balaban J connectivity index is 1.54. The molecular formula is C20H17BrN4O4. The summed E-state index contributed by atoms with van der Waals surface area (Å²) >= 11 is 3.44. The third-order valence-electron chi connectivity index (χ3n) is 5.94. The van der Waals surface area contributed by atoms with E-state index < -0.39 is 16.9 Å². The van der Waals surface area contributed by atoms with Gasteiger partial charge in [-0.1, -0.05) is 28.1 Å². The predicted octanol–water partition coefficient (Wildman–Crippen LogP) is 2.89. The summed E-state index contributed by atoms with van der Waals surface area (Å²) in [5.74, 6) is -1.02. The molecular weight excluding hydrogens is 440 g/mol. The minimum Gasteiger partial charge on any atom is -0.274 e. The van der Waals surface area contributed by atoms with Crippen molar-refractivity contribution in [2.45, 2.75) is 18.5 Å². The maximum Gasteiger partial charge on any atom is 0.269 e. The molecule has 2 aromatic carbocycles. The Hall–Kier alpha value is -2.62. The Kier molecular flexibility index (Phi) is 4.27. The van der Waals surface area contributed by atoms with E-state index >= 15 is 0 Å². The smallest absolute Gasteiger partial charge is 0.269 e. The second-order valence-corrected chi connectivity index (χ2v) is 8.35. The molecule has 3 atom stereocenters.